The van der Waals surface area contributed by atoms with Crippen LogP contribution in [-0.4, -0.2) is 22.2 Å². The van der Waals surface area contributed by atoms with Gasteiger partial charge in [0.1, 0.15) is 22.1 Å². The molecule has 0 bridgehead atoms. The first-order valence-electron chi connectivity index (χ1n) is 8.81. The SMILES string of the molecule is COc1ccc(-c2nc3ccccn3c2SCC(N)c2ccccc2)cc1. The van der Waals surface area contributed by atoms with Crippen LogP contribution in [0, 0.1) is 0 Å². The molecular weight excluding hydrogens is 354 g/mol. The number of pyridine rings is 1. The minimum atomic E-state index is -0.0332. The molecule has 4 nitrogen and oxygen atoms in total. The molecule has 4 rings (SSSR count). The maximum atomic E-state index is 6.42. The van der Waals surface area contributed by atoms with Gasteiger partial charge in [0.15, 0.2) is 0 Å². The highest BCUT2D eigenvalue weighted by molar-refractivity contribution is 7.99. The summed E-state index contributed by atoms with van der Waals surface area (Å²) >= 11 is 1.74. The second-order valence-electron chi connectivity index (χ2n) is 6.25. The summed E-state index contributed by atoms with van der Waals surface area (Å²) in [6.07, 6.45) is 2.05. The highest BCUT2D eigenvalue weighted by Crippen LogP contribution is 2.34. The highest BCUT2D eigenvalue weighted by atomic mass is 32.2. The van der Waals surface area contributed by atoms with E-state index in [1.54, 1.807) is 18.9 Å². The van der Waals surface area contributed by atoms with Crippen LogP contribution < -0.4 is 10.5 Å². The fourth-order valence-electron chi connectivity index (χ4n) is 3.01. The summed E-state index contributed by atoms with van der Waals surface area (Å²) in [6.45, 7) is 0. The van der Waals surface area contributed by atoms with Crippen LogP contribution in [0.25, 0.3) is 16.9 Å². The van der Waals surface area contributed by atoms with E-state index in [0.717, 1.165) is 39.0 Å². The van der Waals surface area contributed by atoms with E-state index in [4.69, 9.17) is 15.5 Å². The van der Waals surface area contributed by atoms with E-state index in [-0.39, 0.29) is 6.04 Å². The van der Waals surface area contributed by atoms with Gasteiger partial charge < -0.3 is 10.5 Å². The van der Waals surface area contributed by atoms with Crippen LogP contribution in [0.2, 0.25) is 0 Å². The first-order chi connectivity index (χ1) is 13.3. The van der Waals surface area contributed by atoms with Crippen LogP contribution in [0.15, 0.2) is 84.0 Å². The molecule has 0 saturated heterocycles. The van der Waals surface area contributed by atoms with E-state index < -0.39 is 0 Å². The first-order valence-corrected chi connectivity index (χ1v) is 9.79. The summed E-state index contributed by atoms with van der Waals surface area (Å²) in [4.78, 5) is 4.85. The summed E-state index contributed by atoms with van der Waals surface area (Å²) in [5.74, 6) is 1.61. The predicted molar refractivity (Wildman–Crippen MR) is 111 cm³/mol. The van der Waals surface area contributed by atoms with Crippen molar-refractivity contribution >= 4 is 17.4 Å². The number of benzene rings is 2. The van der Waals surface area contributed by atoms with Crippen LogP contribution in [0.5, 0.6) is 5.75 Å². The van der Waals surface area contributed by atoms with E-state index >= 15 is 0 Å². The van der Waals surface area contributed by atoms with E-state index in [2.05, 4.69) is 16.5 Å². The molecule has 2 heterocycles. The molecular formula is C22H21N3OS. The molecule has 0 spiro atoms. The van der Waals surface area contributed by atoms with Crippen LogP contribution >= 0.6 is 11.8 Å². The average Bonchev–Trinajstić information content (AvgIpc) is 3.11. The summed E-state index contributed by atoms with van der Waals surface area (Å²) < 4.78 is 7.40. The van der Waals surface area contributed by atoms with Gasteiger partial charge in [-0.05, 0) is 42.0 Å². The second kappa shape index (κ2) is 7.86. The minimum absolute atomic E-state index is 0.0332. The summed E-state index contributed by atoms with van der Waals surface area (Å²) in [6, 6.07) is 24.2. The summed E-state index contributed by atoms with van der Waals surface area (Å²) in [5, 5.41) is 1.10. The Morgan fingerprint density at radius 2 is 1.74 bits per heavy atom. The van der Waals surface area contributed by atoms with Crippen molar-refractivity contribution in [3.05, 3.63) is 84.6 Å². The standard InChI is InChI=1S/C22H21N3OS/c1-26-18-12-10-17(11-13-18)21-22(25-14-6-5-9-20(25)24-21)27-15-19(23)16-7-3-2-4-8-16/h2-14,19H,15,23H2,1H3. The van der Waals surface area contributed by atoms with Gasteiger partial charge in [0, 0.05) is 23.6 Å². The first kappa shape index (κ1) is 17.6. The van der Waals surface area contributed by atoms with Gasteiger partial charge in [0.2, 0.25) is 0 Å². The number of ether oxygens (including phenoxy) is 1. The predicted octanol–water partition coefficient (Wildman–Crippen LogP) is 4.80. The zero-order valence-electron chi connectivity index (χ0n) is 15.1. The molecule has 1 unspecified atom stereocenters. The molecule has 0 aliphatic carbocycles. The molecule has 0 aliphatic heterocycles. The molecule has 2 aromatic heterocycles. The lowest BCUT2D eigenvalue weighted by molar-refractivity contribution is 0.415. The van der Waals surface area contributed by atoms with Crippen LogP contribution in [0.4, 0.5) is 0 Å². The van der Waals surface area contributed by atoms with Crippen molar-refractivity contribution in [1.82, 2.24) is 9.38 Å². The number of fused-ring (bicyclic) bond motifs is 1. The monoisotopic (exact) mass is 375 g/mol. The van der Waals surface area contributed by atoms with E-state index in [1.165, 1.54) is 0 Å². The Balaban J connectivity index is 1.67. The smallest absolute Gasteiger partial charge is 0.138 e. The van der Waals surface area contributed by atoms with Crippen LogP contribution in [0.3, 0.4) is 0 Å². The molecule has 0 amide bonds. The lowest BCUT2D eigenvalue weighted by Gasteiger charge is -2.12. The number of aromatic nitrogens is 2. The van der Waals surface area contributed by atoms with E-state index in [0.29, 0.717) is 0 Å². The van der Waals surface area contributed by atoms with Crippen LogP contribution in [-0.2, 0) is 0 Å². The summed E-state index contributed by atoms with van der Waals surface area (Å²) in [5.41, 5.74) is 10.5. The molecule has 27 heavy (non-hydrogen) atoms. The van der Waals surface area contributed by atoms with Gasteiger partial charge in [-0.1, -0.05) is 36.4 Å². The number of methoxy groups -OCH3 is 1. The van der Waals surface area contributed by atoms with Crippen molar-refractivity contribution in [2.24, 2.45) is 5.73 Å². The molecule has 4 aromatic rings. The summed E-state index contributed by atoms with van der Waals surface area (Å²) in [7, 11) is 1.67. The fraction of sp³-hybridized carbons (Fsp3) is 0.136. The zero-order chi connectivity index (χ0) is 18.6. The van der Waals surface area contributed by atoms with Gasteiger partial charge in [-0.15, -0.1) is 11.8 Å². The molecule has 2 aromatic carbocycles. The number of hydrogen-bond donors (Lipinski definition) is 1. The van der Waals surface area contributed by atoms with E-state index in [1.807, 2.05) is 66.9 Å². The maximum Gasteiger partial charge on any atom is 0.138 e. The third-order valence-corrected chi connectivity index (χ3v) is 5.67. The van der Waals surface area contributed by atoms with Crippen molar-refractivity contribution in [2.45, 2.75) is 11.1 Å². The largest absolute Gasteiger partial charge is 0.497 e. The molecule has 0 aliphatic rings. The Morgan fingerprint density at radius 3 is 2.48 bits per heavy atom. The van der Waals surface area contributed by atoms with Gasteiger partial charge in [0.05, 0.1) is 7.11 Å². The van der Waals surface area contributed by atoms with Gasteiger partial charge in [0.25, 0.3) is 0 Å². The molecule has 5 heteroatoms. The Kier molecular flexibility index (Phi) is 5.14. The molecule has 136 valence electrons. The Labute approximate surface area is 163 Å². The minimum Gasteiger partial charge on any atom is -0.497 e. The Morgan fingerprint density at radius 1 is 1.00 bits per heavy atom. The van der Waals surface area contributed by atoms with Gasteiger partial charge in [-0.25, -0.2) is 4.98 Å². The Bertz CT molecular complexity index is 1030. The van der Waals surface area contributed by atoms with Crippen LogP contribution in [0.1, 0.15) is 11.6 Å². The lowest BCUT2D eigenvalue weighted by atomic mass is 10.1. The second-order valence-corrected chi connectivity index (χ2v) is 7.26. The number of rotatable bonds is 6. The zero-order valence-corrected chi connectivity index (χ0v) is 15.9. The molecule has 0 radical (unpaired) electrons. The van der Waals surface area contributed by atoms with E-state index in [9.17, 15) is 0 Å². The van der Waals surface area contributed by atoms with Gasteiger partial charge in [-0.2, -0.15) is 0 Å². The molecule has 1 atom stereocenters. The highest BCUT2D eigenvalue weighted by Gasteiger charge is 2.16. The lowest BCUT2D eigenvalue weighted by Crippen LogP contribution is -2.12. The maximum absolute atomic E-state index is 6.42. The number of hydrogen-bond acceptors (Lipinski definition) is 4. The van der Waals surface area contributed by atoms with Gasteiger partial charge in [-0.3, -0.25) is 4.40 Å². The molecule has 0 saturated carbocycles. The van der Waals surface area contributed by atoms with Crippen molar-refractivity contribution in [1.29, 1.82) is 0 Å². The average molecular weight is 375 g/mol. The quantitative estimate of drug-likeness (QED) is 0.492. The third-order valence-electron chi connectivity index (χ3n) is 4.48. The molecule has 0 fully saturated rings. The van der Waals surface area contributed by atoms with Gasteiger partial charge >= 0.3 is 0 Å². The number of imidazole rings is 1. The topological polar surface area (TPSA) is 52.5 Å². The number of thioether (sulfide) groups is 1. The molecule has 2 N–H and O–H groups in total. The van der Waals surface area contributed by atoms with Crippen molar-refractivity contribution in [3.63, 3.8) is 0 Å². The Hall–Kier alpha value is -2.76. The van der Waals surface area contributed by atoms with Crippen molar-refractivity contribution < 1.29 is 4.74 Å². The van der Waals surface area contributed by atoms with Crippen molar-refractivity contribution in [2.75, 3.05) is 12.9 Å². The fourth-order valence-corrected chi connectivity index (χ4v) is 4.14. The van der Waals surface area contributed by atoms with Crippen molar-refractivity contribution in [3.8, 4) is 17.0 Å². The number of nitrogens with zero attached hydrogens (tertiary/aromatic N) is 2. The normalized spacial score (nSPS) is 12.2. The number of nitrogens with two attached hydrogens (primary N) is 1. The third kappa shape index (κ3) is 3.70.